The lowest BCUT2D eigenvalue weighted by atomic mass is 9.83. The van der Waals surface area contributed by atoms with Gasteiger partial charge in [-0.1, -0.05) is 35.2 Å². The van der Waals surface area contributed by atoms with Crippen molar-refractivity contribution < 1.29 is 28.8 Å². The van der Waals surface area contributed by atoms with E-state index >= 15 is 0 Å². The van der Waals surface area contributed by atoms with Crippen LogP contribution in [0.25, 0.3) is 0 Å². The van der Waals surface area contributed by atoms with Gasteiger partial charge in [-0.3, -0.25) is 24.5 Å². The van der Waals surface area contributed by atoms with E-state index in [1.807, 2.05) is 0 Å². The van der Waals surface area contributed by atoms with Crippen LogP contribution in [0.3, 0.4) is 0 Å². The number of carbonyl (C=O) groups is 3. The number of non-ortho nitro benzene ring substituents is 1. The zero-order chi connectivity index (χ0) is 26.3. The van der Waals surface area contributed by atoms with Crippen molar-refractivity contribution in [3.05, 3.63) is 78.8 Å². The fraction of sp³-hybridized carbons (Fsp3) is 0.250. The lowest BCUT2D eigenvalue weighted by Gasteiger charge is -2.29. The van der Waals surface area contributed by atoms with Crippen molar-refractivity contribution in [1.82, 2.24) is 4.98 Å². The zero-order valence-electron chi connectivity index (χ0n) is 19.2. The lowest BCUT2D eigenvalue weighted by molar-refractivity contribution is -0.384. The van der Waals surface area contributed by atoms with Gasteiger partial charge in [0.05, 0.1) is 28.2 Å². The molecule has 0 radical (unpaired) electrons. The number of nitro benzene ring substituents is 1. The molecule has 11 nitrogen and oxygen atoms in total. The number of hydrogen-bond donors (Lipinski definition) is 1. The van der Waals surface area contributed by atoms with Crippen LogP contribution < -0.4 is 14.5 Å². The Bertz CT molecular complexity index is 1450. The summed E-state index contributed by atoms with van der Waals surface area (Å²) in [5.74, 6) is -2.35. The van der Waals surface area contributed by atoms with Gasteiger partial charge in [0.15, 0.2) is 6.61 Å². The van der Waals surface area contributed by atoms with Crippen LogP contribution in [-0.2, 0) is 19.1 Å². The molecule has 3 aromatic rings. The molecule has 1 N–H and O–H groups in total. The van der Waals surface area contributed by atoms with Crippen molar-refractivity contribution in [2.75, 3.05) is 18.1 Å². The summed E-state index contributed by atoms with van der Waals surface area (Å²) >= 11 is 2.13. The summed E-state index contributed by atoms with van der Waals surface area (Å²) in [6, 6.07) is 12.0. The van der Waals surface area contributed by atoms with Gasteiger partial charge < -0.3 is 14.5 Å². The first-order chi connectivity index (χ1) is 17.8. The number of amides is 2. The van der Waals surface area contributed by atoms with Crippen molar-refractivity contribution in [3.8, 4) is 5.75 Å². The van der Waals surface area contributed by atoms with E-state index < -0.39 is 39.8 Å². The summed E-state index contributed by atoms with van der Waals surface area (Å²) in [5, 5.41) is 10.8. The number of carbonyl (C=O) groups excluding carboxylic acids is 3. The molecular weight excluding hydrogens is 522 g/mol. The first kappa shape index (κ1) is 24.7. The average molecular weight is 542 g/mol. The monoisotopic (exact) mass is 541 g/mol. The second-order valence-electron chi connectivity index (χ2n) is 8.20. The van der Waals surface area contributed by atoms with Gasteiger partial charge >= 0.3 is 10.8 Å². The number of nitrogens with zero attached hydrogens (tertiary/aromatic N) is 2. The first-order valence-electron chi connectivity index (χ1n) is 11.2. The van der Waals surface area contributed by atoms with Crippen molar-refractivity contribution in [2.45, 2.75) is 23.1 Å². The maximum Gasteiger partial charge on any atom is 0.344 e. The van der Waals surface area contributed by atoms with Crippen LogP contribution in [0.1, 0.15) is 23.3 Å². The maximum atomic E-state index is 13.7. The number of nitro groups is 1. The normalized spacial score (nSPS) is 20.4. The Labute approximate surface area is 217 Å². The average Bonchev–Trinajstić information content (AvgIpc) is 3.37. The minimum Gasteiger partial charge on any atom is -0.482 e. The van der Waals surface area contributed by atoms with Gasteiger partial charge in [0.25, 0.3) is 5.69 Å². The molecule has 0 unspecified atom stereocenters. The number of nitrogens with one attached hydrogen (secondary N) is 1. The van der Waals surface area contributed by atoms with Gasteiger partial charge in [-0.2, -0.15) is 0 Å². The summed E-state index contributed by atoms with van der Waals surface area (Å²) in [4.78, 5) is 65.5. The van der Waals surface area contributed by atoms with E-state index in [1.54, 1.807) is 31.2 Å². The van der Waals surface area contributed by atoms with E-state index in [2.05, 4.69) is 4.98 Å². The SMILES string of the molecule is CCOC(=O)COc1ccc([C@@H]2c3sc(=O)[nH]c3S[C@H]3C(=O)N(c4ccc([N+](=O)[O-])cc4)C(=O)[C@@H]23)cc1. The summed E-state index contributed by atoms with van der Waals surface area (Å²) in [6.07, 6.45) is 0. The van der Waals surface area contributed by atoms with E-state index in [-0.39, 0.29) is 29.5 Å². The Morgan fingerprint density at radius 3 is 2.43 bits per heavy atom. The van der Waals surface area contributed by atoms with Crippen LogP contribution in [0.5, 0.6) is 5.75 Å². The molecule has 2 aliphatic rings. The number of imide groups is 1. The highest BCUT2D eigenvalue weighted by molar-refractivity contribution is 8.00. The van der Waals surface area contributed by atoms with Crippen LogP contribution in [0.4, 0.5) is 11.4 Å². The molecule has 2 aromatic carbocycles. The molecule has 190 valence electrons. The molecule has 1 saturated heterocycles. The summed E-state index contributed by atoms with van der Waals surface area (Å²) in [6.45, 7) is 1.69. The topological polar surface area (TPSA) is 149 Å². The number of ether oxygens (including phenoxy) is 2. The van der Waals surface area contributed by atoms with Crippen molar-refractivity contribution in [3.63, 3.8) is 0 Å². The number of H-pyrrole nitrogens is 1. The molecule has 2 amide bonds. The van der Waals surface area contributed by atoms with Crippen LogP contribution in [-0.4, -0.2) is 46.2 Å². The Hall–Kier alpha value is -3.97. The standard InChI is InChI=1S/C24H19N3O8S2/c1-2-34-16(28)11-35-15-9-3-12(4-10-15)17-18-20(36-21-19(17)37-24(31)25-21)23(30)26(22(18)29)13-5-7-14(8-6-13)27(32)33/h3-10,17-18,20H,2,11H2,1H3,(H,25,31)/t17-,18-,20+/m0/s1. The number of thioether (sulfide) groups is 1. The van der Waals surface area contributed by atoms with Gasteiger partial charge in [-0.25, -0.2) is 9.69 Å². The Morgan fingerprint density at radius 1 is 1.08 bits per heavy atom. The Balaban J connectivity index is 1.48. The predicted molar refractivity (Wildman–Crippen MR) is 134 cm³/mol. The van der Waals surface area contributed by atoms with Gasteiger partial charge in [0.1, 0.15) is 11.0 Å². The second kappa shape index (κ2) is 9.82. The number of aromatic amines is 1. The molecule has 0 spiro atoms. The summed E-state index contributed by atoms with van der Waals surface area (Å²) in [7, 11) is 0. The van der Waals surface area contributed by atoms with Crippen LogP contribution in [0, 0.1) is 16.0 Å². The number of aromatic nitrogens is 1. The van der Waals surface area contributed by atoms with Gasteiger partial charge in [-0.05, 0) is 36.8 Å². The molecule has 2 aliphatic heterocycles. The van der Waals surface area contributed by atoms with Gasteiger partial charge in [0.2, 0.25) is 11.8 Å². The fourth-order valence-electron chi connectivity index (χ4n) is 4.47. The molecule has 0 bridgehead atoms. The molecule has 1 fully saturated rings. The molecule has 1 aromatic heterocycles. The third-order valence-electron chi connectivity index (χ3n) is 6.04. The van der Waals surface area contributed by atoms with Crippen molar-refractivity contribution >= 4 is 52.3 Å². The molecule has 13 heteroatoms. The first-order valence-corrected chi connectivity index (χ1v) is 12.9. The van der Waals surface area contributed by atoms with Crippen molar-refractivity contribution in [2.24, 2.45) is 5.92 Å². The van der Waals surface area contributed by atoms with E-state index in [4.69, 9.17) is 9.47 Å². The minimum atomic E-state index is -0.794. The quantitative estimate of drug-likeness (QED) is 0.206. The van der Waals surface area contributed by atoms with Gasteiger partial charge in [-0.15, -0.1) is 0 Å². The molecule has 0 saturated carbocycles. The van der Waals surface area contributed by atoms with E-state index in [0.717, 1.165) is 28.0 Å². The lowest BCUT2D eigenvalue weighted by Crippen LogP contribution is -2.32. The largest absolute Gasteiger partial charge is 0.482 e. The van der Waals surface area contributed by atoms with E-state index in [9.17, 15) is 29.3 Å². The molecule has 3 heterocycles. The molecular formula is C24H19N3O8S2. The molecule has 37 heavy (non-hydrogen) atoms. The summed E-state index contributed by atoms with van der Waals surface area (Å²) in [5.41, 5.74) is 0.786. The highest BCUT2D eigenvalue weighted by Crippen LogP contribution is 2.53. The highest BCUT2D eigenvalue weighted by Gasteiger charge is 2.56. The van der Waals surface area contributed by atoms with Crippen LogP contribution >= 0.6 is 23.1 Å². The number of rotatable bonds is 7. The van der Waals surface area contributed by atoms with E-state index in [0.29, 0.717) is 21.2 Å². The third-order valence-corrected chi connectivity index (χ3v) is 8.44. The number of anilines is 1. The maximum absolute atomic E-state index is 13.7. The third kappa shape index (κ3) is 4.51. The Morgan fingerprint density at radius 2 is 1.78 bits per heavy atom. The minimum absolute atomic E-state index is 0.155. The smallest absolute Gasteiger partial charge is 0.344 e. The summed E-state index contributed by atoms with van der Waals surface area (Å²) < 4.78 is 10.3. The number of fused-ring (bicyclic) bond motifs is 2. The number of esters is 1. The van der Waals surface area contributed by atoms with Gasteiger partial charge in [0, 0.05) is 22.9 Å². The number of hydrogen-bond acceptors (Lipinski definition) is 10. The molecule has 5 rings (SSSR count). The highest BCUT2D eigenvalue weighted by atomic mass is 32.2. The molecule has 0 aliphatic carbocycles. The van der Waals surface area contributed by atoms with Crippen LogP contribution in [0.2, 0.25) is 0 Å². The predicted octanol–water partition coefficient (Wildman–Crippen LogP) is 3.08. The second-order valence-corrected chi connectivity index (χ2v) is 10.4. The van der Waals surface area contributed by atoms with Crippen molar-refractivity contribution in [1.29, 1.82) is 0 Å². The van der Waals surface area contributed by atoms with Crippen LogP contribution in [0.15, 0.2) is 58.4 Å². The number of thiazole rings is 1. The molecule has 3 atom stereocenters. The zero-order valence-corrected chi connectivity index (χ0v) is 20.9. The van der Waals surface area contributed by atoms with E-state index in [1.165, 1.54) is 24.3 Å². The Kier molecular flexibility index (Phi) is 6.56. The fourth-order valence-corrected chi connectivity index (χ4v) is 6.99. The number of benzene rings is 2.